The average molecular weight is 483 g/mol. The Morgan fingerprint density at radius 3 is 2.61 bits per heavy atom. The number of carbonyl (C=O) groups is 1. The van der Waals surface area contributed by atoms with E-state index >= 15 is 0 Å². The monoisotopic (exact) mass is 482 g/mol. The molecule has 1 amide bonds. The van der Waals surface area contributed by atoms with Crippen LogP contribution in [0.3, 0.4) is 0 Å². The predicted molar refractivity (Wildman–Crippen MR) is 140 cm³/mol. The number of anilines is 1. The summed E-state index contributed by atoms with van der Waals surface area (Å²) in [5, 5.41) is 17.4. The highest BCUT2D eigenvalue weighted by molar-refractivity contribution is 6.13. The number of hydrogen-bond donors (Lipinski definition) is 1. The molecule has 1 N–H and O–H groups in total. The molecule has 36 heavy (non-hydrogen) atoms. The van der Waals surface area contributed by atoms with Gasteiger partial charge in [-0.1, -0.05) is 31.2 Å². The topological polar surface area (TPSA) is 95.5 Å². The van der Waals surface area contributed by atoms with Gasteiger partial charge < -0.3 is 5.32 Å². The number of benzene rings is 1. The molecular formula is C27H30N8O. The van der Waals surface area contributed by atoms with Crippen molar-refractivity contribution in [3.63, 3.8) is 0 Å². The van der Waals surface area contributed by atoms with Crippen LogP contribution in [0.4, 0.5) is 5.82 Å². The summed E-state index contributed by atoms with van der Waals surface area (Å²) < 4.78 is 5.51. The number of aryl methyl sites for hydroxylation is 4. The molecular weight excluding hydrogens is 452 g/mol. The Balaban J connectivity index is 1.51. The maximum Gasteiger partial charge on any atom is 0.257 e. The number of carbonyl (C=O) groups excluding carboxylic acids is 1. The molecule has 5 aromatic rings. The second-order valence-electron chi connectivity index (χ2n) is 9.11. The number of nitrogens with one attached hydrogen (secondary N) is 1. The van der Waals surface area contributed by atoms with Crippen molar-refractivity contribution in [2.24, 2.45) is 7.05 Å². The molecule has 184 valence electrons. The minimum absolute atomic E-state index is 0.245. The lowest BCUT2D eigenvalue weighted by atomic mass is 10.1. The van der Waals surface area contributed by atoms with Gasteiger partial charge in [-0.05, 0) is 44.4 Å². The number of hydrogen-bond acceptors (Lipinski definition) is 5. The largest absolute Gasteiger partial charge is 0.305 e. The number of fused-ring (bicyclic) bond motifs is 1. The van der Waals surface area contributed by atoms with Crippen molar-refractivity contribution >= 4 is 22.8 Å². The lowest BCUT2D eigenvalue weighted by Crippen LogP contribution is -2.14. The Bertz CT molecular complexity index is 1570. The normalized spacial score (nSPS) is 11.4. The van der Waals surface area contributed by atoms with E-state index in [1.165, 1.54) is 11.1 Å². The second-order valence-corrected chi connectivity index (χ2v) is 9.11. The fourth-order valence-corrected chi connectivity index (χ4v) is 4.45. The smallest absolute Gasteiger partial charge is 0.257 e. The van der Waals surface area contributed by atoms with Crippen LogP contribution in [0.15, 0.2) is 48.8 Å². The number of amides is 1. The van der Waals surface area contributed by atoms with Crippen LogP contribution in [-0.2, 0) is 20.1 Å². The van der Waals surface area contributed by atoms with Gasteiger partial charge in [0.2, 0.25) is 0 Å². The third-order valence-electron chi connectivity index (χ3n) is 6.54. The minimum atomic E-state index is -0.245. The first-order chi connectivity index (χ1) is 17.4. The quantitative estimate of drug-likeness (QED) is 0.364. The molecule has 9 heteroatoms. The van der Waals surface area contributed by atoms with Crippen LogP contribution in [0.2, 0.25) is 0 Å². The molecule has 0 saturated carbocycles. The van der Waals surface area contributed by atoms with Crippen LogP contribution < -0.4 is 5.32 Å². The zero-order valence-corrected chi connectivity index (χ0v) is 21.3. The Hall–Kier alpha value is -4.27. The molecule has 9 nitrogen and oxygen atoms in total. The first kappa shape index (κ1) is 23.5. The Morgan fingerprint density at radius 1 is 1.08 bits per heavy atom. The van der Waals surface area contributed by atoms with E-state index in [4.69, 9.17) is 4.98 Å². The van der Waals surface area contributed by atoms with Gasteiger partial charge in [-0.25, -0.2) is 9.67 Å². The van der Waals surface area contributed by atoms with Crippen LogP contribution in [0, 0.1) is 20.8 Å². The van der Waals surface area contributed by atoms with Crippen molar-refractivity contribution in [3.05, 3.63) is 76.9 Å². The summed E-state index contributed by atoms with van der Waals surface area (Å²) in [4.78, 5) is 18.5. The van der Waals surface area contributed by atoms with E-state index in [9.17, 15) is 4.79 Å². The molecule has 0 aliphatic carbocycles. The van der Waals surface area contributed by atoms with E-state index in [0.29, 0.717) is 29.3 Å². The lowest BCUT2D eigenvalue weighted by molar-refractivity contribution is 0.102. The van der Waals surface area contributed by atoms with Crippen molar-refractivity contribution in [3.8, 4) is 11.3 Å². The third-order valence-corrected chi connectivity index (χ3v) is 6.54. The molecule has 0 fully saturated rings. The van der Waals surface area contributed by atoms with Crippen LogP contribution in [0.25, 0.3) is 22.3 Å². The lowest BCUT2D eigenvalue weighted by Gasteiger charge is -2.09. The Kier molecular flexibility index (Phi) is 6.13. The van der Waals surface area contributed by atoms with Crippen molar-refractivity contribution in [1.29, 1.82) is 0 Å². The minimum Gasteiger partial charge on any atom is -0.305 e. The van der Waals surface area contributed by atoms with E-state index < -0.39 is 0 Å². The SMILES string of the molecule is CCCn1nc(C)c2c(C(=O)Nc3ccn(Cc4ccccc4C)n3)cc(-c3cnn(C)c3C)nc21. The van der Waals surface area contributed by atoms with Gasteiger partial charge in [0.15, 0.2) is 11.5 Å². The summed E-state index contributed by atoms with van der Waals surface area (Å²) >= 11 is 0. The molecule has 0 radical (unpaired) electrons. The van der Waals surface area contributed by atoms with E-state index in [0.717, 1.165) is 35.3 Å². The van der Waals surface area contributed by atoms with E-state index in [-0.39, 0.29) is 5.91 Å². The summed E-state index contributed by atoms with van der Waals surface area (Å²) in [5.41, 5.74) is 6.94. The van der Waals surface area contributed by atoms with Crippen molar-refractivity contribution < 1.29 is 4.79 Å². The molecule has 1 aromatic carbocycles. The first-order valence-corrected chi connectivity index (χ1v) is 12.1. The molecule has 0 aliphatic rings. The molecule has 0 spiro atoms. The third kappa shape index (κ3) is 4.28. The molecule has 0 atom stereocenters. The van der Waals surface area contributed by atoms with Crippen molar-refractivity contribution in [1.82, 2.24) is 34.3 Å². The standard InChI is InChI=1S/C27H30N8O/c1-6-12-35-26-25(18(3)31-35)21(14-23(29-26)22-15-28-33(5)19(22)4)27(36)30-24-11-13-34(32-24)16-20-10-8-7-9-17(20)2/h7-11,13-15H,6,12,16H2,1-5H3,(H,30,32,36). The predicted octanol–water partition coefficient (Wildman–Crippen LogP) is 4.66. The van der Waals surface area contributed by atoms with Crippen molar-refractivity contribution in [2.45, 2.75) is 47.2 Å². The summed E-state index contributed by atoms with van der Waals surface area (Å²) in [6, 6.07) is 11.9. The van der Waals surface area contributed by atoms with E-state index in [2.05, 4.69) is 46.6 Å². The maximum absolute atomic E-state index is 13.6. The molecule has 5 rings (SSSR count). The fraction of sp³-hybridized carbons (Fsp3) is 0.296. The number of pyridine rings is 1. The molecule has 0 aliphatic heterocycles. The summed E-state index contributed by atoms with van der Waals surface area (Å²) in [5.74, 6) is 0.252. The van der Waals surface area contributed by atoms with Gasteiger partial charge in [0, 0.05) is 37.1 Å². The van der Waals surface area contributed by atoms with Crippen LogP contribution in [0.5, 0.6) is 0 Å². The molecule has 0 bridgehead atoms. The van der Waals surface area contributed by atoms with Gasteiger partial charge in [-0.2, -0.15) is 15.3 Å². The molecule has 4 heterocycles. The van der Waals surface area contributed by atoms with Gasteiger partial charge in [-0.15, -0.1) is 0 Å². The van der Waals surface area contributed by atoms with Gasteiger partial charge in [0.25, 0.3) is 5.91 Å². The molecule has 0 unspecified atom stereocenters. The van der Waals surface area contributed by atoms with Crippen LogP contribution in [0.1, 0.15) is 46.2 Å². The number of aromatic nitrogens is 7. The van der Waals surface area contributed by atoms with Crippen molar-refractivity contribution in [2.75, 3.05) is 5.32 Å². The highest BCUT2D eigenvalue weighted by Gasteiger charge is 2.22. The summed E-state index contributed by atoms with van der Waals surface area (Å²) in [6.45, 7) is 9.44. The molecule has 4 aromatic heterocycles. The highest BCUT2D eigenvalue weighted by atomic mass is 16.1. The number of nitrogens with zero attached hydrogens (tertiary/aromatic N) is 7. The second kappa shape index (κ2) is 9.41. The van der Waals surface area contributed by atoms with Gasteiger partial charge >= 0.3 is 0 Å². The van der Waals surface area contributed by atoms with Gasteiger partial charge in [-0.3, -0.25) is 14.2 Å². The fourth-order valence-electron chi connectivity index (χ4n) is 4.45. The maximum atomic E-state index is 13.6. The van der Waals surface area contributed by atoms with Gasteiger partial charge in [0.05, 0.1) is 35.1 Å². The summed E-state index contributed by atoms with van der Waals surface area (Å²) in [6.07, 6.45) is 4.57. The summed E-state index contributed by atoms with van der Waals surface area (Å²) in [7, 11) is 1.89. The Morgan fingerprint density at radius 2 is 1.89 bits per heavy atom. The molecule has 0 saturated heterocycles. The highest BCUT2D eigenvalue weighted by Crippen LogP contribution is 2.29. The zero-order chi connectivity index (χ0) is 25.4. The van der Waals surface area contributed by atoms with E-state index in [1.54, 1.807) is 10.9 Å². The van der Waals surface area contributed by atoms with Crippen LogP contribution in [-0.4, -0.2) is 40.2 Å². The average Bonchev–Trinajstić information content (AvgIpc) is 3.53. The first-order valence-electron chi connectivity index (χ1n) is 12.1. The van der Waals surface area contributed by atoms with Gasteiger partial charge in [0.1, 0.15) is 0 Å². The number of rotatable bonds is 7. The van der Waals surface area contributed by atoms with E-state index in [1.807, 2.05) is 60.7 Å². The zero-order valence-electron chi connectivity index (χ0n) is 21.3. The Labute approximate surface area is 209 Å². The van der Waals surface area contributed by atoms with Crippen LogP contribution >= 0.6 is 0 Å².